The van der Waals surface area contributed by atoms with E-state index in [4.69, 9.17) is 9.47 Å². The van der Waals surface area contributed by atoms with Crippen molar-refractivity contribution >= 4 is 5.97 Å². The summed E-state index contributed by atoms with van der Waals surface area (Å²) in [6, 6.07) is 9.09. The van der Waals surface area contributed by atoms with Gasteiger partial charge >= 0.3 is 5.97 Å². The van der Waals surface area contributed by atoms with Gasteiger partial charge in [-0.25, -0.2) is 0 Å². The van der Waals surface area contributed by atoms with Crippen molar-refractivity contribution in [2.24, 2.45) is 0 Å². The Hall–Kier alpha value is -2.89. The highest BCUT2D eigenvalue weighted by Crippen LogP contribution is 2.36. The zero-order valence-corrected chi connectivity index (χ0v) is 11.5. The van der Waals surface area contributed by atoms with Gasteiger partial charge in [-0.3, -0.25) is 4.79 Å². The van der Waals surface area contributed by atoms with Gasteiger partial charge in [-0.15, -0.1) is 0 Å². The van der Waals surface area contributed by atoms with E-state index in [0.717, 1.165) is 0 Å². The first kappa shape index (κ1) is 14.1. The van der Waals surface area contributed by atoms with Crippen LogP contribution >= 0.6 is 0 Å². The molecule has 0 aliphatic carbocycles. The van der Waals surface area contributed by atoms with Crippen LogP contribution in [0.15, 0.2) is 36.4 Å². The summed E-state index contributed by atoms with van der Waals surface area (Å²) in [5.41, 5.74) is 1.01. The molecule has 6 heteroatoms. The molecule has 1 heterocycles. The van der Waals surface area contributed by atoms with Gasteiger partial charge in [0.05, 0.1) is 5.92 Å². The Kier molecular flexibility index (Phi) is 3.50. The number of aromatic hydroxyl groups is 2. The summed E-state index contributed by atoms with van der Waals surface area (Å²) in [5.74, 6) is -0.960. The number of carboxylic acids is 1. The zero-order chi connectivity index (χ0) is 15.7. The van der Waals surface area contributed by atoms with E-state index < -0.39 is 11.9 Å². The molecule has 0 fully saturated rings. The number of aliphatic carboxylic acids is 1. The van der Waals surface area contributed by atoms with Crippen LogP contribution in [0.25, 0.3) is 0 Å². The van der Waals surface area contributed by atoms with Crippen molar-refractivity contribution in [1.82, 2.24) is 0 Å². The summed E-state index contributed by atoms with van der Waals surface area (Å²) in [6.45, 7) is 0.120. The fourth-order valence-electron chi connectivity index (χ4n) is 2.42. The third-order valence-corrected chi connectivity index (χ3v) is 3.59. The molecule has 0 saturated carbocycles. The van der Waals surface area contributed by atoms with Gasteiger partial charge in [0.15, 0.2) is 11.5 Å². The number of carbonyl (C=O) groups is 1. The molecule has 114 valence electrons. The molecule has 3 N–H and O–H groups in total. The lowest BCUT2D eigenvalue weighted by atomic mass is 9.91. The van der Waals surface area contributed by atoms with Crippen molar-refractivity contribution in [2.75, 3.05) is 6.79 Å². The van der Waals surface area contributed by atoms with Crippen LogP contribution < -0.4 is 9.47 Å². The number of benzene rings is 2. The molecule has 0 amide bonds. The molecule has 0 aromatic heterocycles. The van der Waals surface area contributed by atoms with E-state index in [0.29, 0.717) is 22.6 Å². The Morgan fingerprint density at radius 1 is 1.09 bits per heavy atom. The molecule has 3 rings (SSSR count). The predicted octanol–water partition coefficient (Wildman–Crippen LogP) is 2.24. The number of phenolic OH excluding ortho intramolecular Hbond substituents is 2. The molecule has 1 atom stereocenters. The van der Waals surface area contributed by atoms with Crippen LogP contribution in [-0.2, 0) is 11.2 Å². The summed E-state index contributed by atoms with van der Waals surface area (Å²) in [5, 5.41) is 28.6. The van der Waals surface area contributed by atoms with Crippen molar-refractivity contribution in [2.45, 2.75) is 12.3 Å². The highest BCUT2D eigenvalue weighted by molar-refractivity contribution is 5.77. The molecule has 0 saturated heterocycles. The quantitative estimate of drug-likeness (QED) is 0.801. The predicted molar refractivity (Wildman–Crippen MR) is 76.4 cm³/mol. The first-order valence-corrected chi connectivity index (χ1v) is 6.68. The number of carboxylic acid groups (broad SMARTS) is 1. The number of rotatable bonds is 4. The maximum absolute atomic E-state index is 11.6. The third-order valence-electron chi connectivity index (χ3n) is 3.59. The Morgan fingerprint density at radius 2 is 1.86 bits per heavy atom. The average molecular weight is 302 g/mol. The van der Waals surface area contributed by atoms with Gasteiger partial charge in [0.2, 0.25) is 6.79 Å². The largest absolute Gasteiger partial charge is 0.508 e. The average Bonchev–Trinajstić information content (AvgIpc) is 2.93. The van der Waals surface area contributed by atoms with Crippen LogP contribution in [0.3, 0.4) is 0 Å². The molecule has 1 aliphatic rings. The zero-order valence-electron chi connectivity index (χ0n) is 11.5. The Morgan fingerprint density at radius 3 is 2.59 bits per heavy atom. The van der Waals surface area contributed by atoms with Gasteiger partial charge in [-0.1, -0.05) is 12.1 Å². The SMILES string of the molecule is O=C(O)C(Cc1ccc(O)cc1O)c1ccc2c(c1)OCO2. The maximum Gasteiger partial charge on any atom is 0.311 e. The van der Waals surface area contributed by atoms with E-state index in [9.17, 15) is 20.1 Å². The van der Waals surface area contributed by atoms with Crippen molar-refractivity contribution < 1.29 is 29.6 Å². The van der Waals surface area contributed by atoms with Crippen LogP contribution in [0.1, 0.15) is 17.0 Å². The molecule has 0 radical (unpaired) electrons. The number of ether oxygens (including phenoxy) is 2. The lowest BCUT2D eigenvalue weighted by Crippen LogP contribution is -2.14. The Bertz CT molecular complexity index is 725. The highest BCUT2D eigenvalue weighted by Gasteiger charge is 2.24. The van der Waals surface area contributed by atoms with Crippen LogP contribution in [0.2, 0.25) is 0 Å². The van der Waals surface area contributed by atoms with E-state index in [1.54, 1.807) is 18.2 Å². The minimum atomic E-state index is -1.01. The first-order valence-electron chi connectivity index (χ1n) is 6.68. The van der Waals surface area contributed by atoms with E-state index >= 15 is 0 Å². The van der Waals surface area contributed by atoms with Gasteiger partial charge in [-0.05, 0) is 35.7 Å². The number of hydrogen-bond donors (Lipinski definition) is 3. The minimum Gasteiger partial charge on any atom is -0.508 e. The highest BCUT2D eigenvalue weighted by atomic mass is 16.7. The molecule has 0 spiro atoms. The van der Waals surface area contributed by atoms with Crippen molar-refractivity contribution in [3.8, 4) is 23.0 Å². The van der Waals surface area contributed by atoms with Gasteiger partial charge in [-0.2, -0.15) is 0 Å². The molecule has 1 unspecified atom stereocenters. The first-order chi connectivity index (χ1) is 10.5. The van der Waals surface area contributed by atoms with Crippen LogP contribution in [0, 0.1) is 0 Å². The summed E-state index contributed by atoms with van der Waals surface area (Å²) in [7, 11) is 0. The van der Waals surface area contributed by atoms with Gasteiger partial charge in [0.25, 0.3) is 0 Å². The van der Waals surface area contributed by atoms with Gasteiger partial charge in [0.1, 0.15) is 11.5 Å². The second kappa shape index (κ2) is 5.48. The van der Waals surface area contributed by atoms with Gasteiger partial charge in [0, 0.05) is 6.07 Å². The topological polar surface area (TPSA) is 96.2 Å². The lowest BCUT2D eigenvalue weighted by molar-refractivity contribution is -0.138. The van der Waals surface area contributed by atoms with Crippen molar-refractivity contribution in [3.05, 3.63) is 47.5 Å². The van der Waals surface area contributed by atoms with E-state index in [1.807, 2.05) is 0 Å². The molecular formula is C16H14O6. The molecule has 2 aromatic rings. The second-order valence-electron chi connectivity index (χ2n) is 5.02. The molecule has 22 heavy (non-hydrogen) atoms. The monoisotopic (exact) mass is 302 g/mol. The fourth-order valence-corrected chi connectivity index (χ4v) is 2.42. The summed E-state index contributed by atoms with van der Waals surface area (Å²) in [4.78, 5) is 11.6. The molecule has 1 aliphatic heterocycles. The number of fused-ring (bicyclic) bond motifs is 1. The number of hydrogen-bond acceptors (Lipinski definition) is 5. The summed E-state index contributed by atoms with van der Waals surface area (Å²) in [6.07, 6.45) is 0.0983. The fraction of sp³-hybridized carbons (Fsp3) is 0.188. The molecular weight excluding hydrogens is 288 g/mol. The molecule has 6 nitrogen and oxygen atoms in total. The standard InChI is InChI=1S/C16H14O6/c17-11-3-1-10(13(18)7-11)5-12(16(19)20)9-2-4-14-15(6-9)22-8-21-14/h1-4,6-7,12,17-18H,5,8H2,(H,19,20). The van der Waals surface area contributed by atoms with Crippen molar-refractivity contribution in [1.29, 1.82) is 0 Å². The summed E-state index contributed by atoms with van der Waals surface area (Å²) < 4.78 is 10.5. The van der Waals surface area contributed by atoms with E-state index in [2.05, 4.69) is 0 Å². The number of phenols is 2. The van der Waals surface area contributed by atoms with Gasteiger partial charge < -0.3 is 24.8 Å². The Labute approximate surface area is 126 Å². The van der Waals surface area contributed by atoms with E-state index in [-0.39, 0.29) is 24.7 Å². The normalized spacial score (nSPS) is 13.8. The lowest BCUT2D eigenvalue weighted by Gasteiger charge is -2.14. The second-order valence-corrected chi connectivity index (χ2v) is 5.02. The van der Waals surface area contributed by atoms with E-state index in [1.165, 1.54) is 18.2 Å². The molecule has 0 bridgehead atoms. The summed E-state index contributed by atoms with van der Waals surface area (Å²) >= 11 is 0. The van der Waals surface area contributed by atoms with Crippen LogP contribution in [0.4, 0.5) is 0 Å². The molecule has 2 aromatic carbocycles. The minimum absolute atomic E-state index is 0.0730. The van der Waals surface area contributed by atoms with Crippen molar-refractivity contribution in [3.63, 3.8) is 0 Å². The van der Waals surface area contributed by atoms with Crippen LogP contribution in [-0.4, -0.2) is 28.1 Å². The maximum atomic E-state index is 11.6. The van der Waals surface area contributed by atoms with Crippen LogP contribution in [0.5, 0.6) is 23.0 Å². The smallest absolute Gasteiger partial charge is 0.311 e. The third kappa shape index (κ3) is 2.63. The Balaban J connectivity index is 1.91.